The highest BCUT2D eigenvalue weighted by molar-refractivity contribution is 7.13. The number of thiophene rings is 1. The number of fused-ring (bicyclic) bond motifs is 1. The molecule has 0 saturated carbocycles. The number of nitrogens with zero attached hydrogens (tertiary/aromatic N) is 1. The summed E-state index contributed by atoms with van der Waals surface area (Å²) in [5.41, 5.74) is 2.40. The molecule has 2 heterocycles. The Bertz CT molecular complexity index is 1710. The topological polar surface area (TPSA) is 130 Å². The van der Waals surface area contributed by atoms with Crippen molar-refractivity contribution in [3.8, 4) is 11.5 Å². The molecule has 2 atom stereocenters. The Morgan fingerprint density at radius 3 is 2.46 bits per heavy atom. The molecule has 1 aliphatic rings. The Hall–Kier alpha value is -3.71. The summed E-state index contributed by atoms with van der Waals surface area (Å²) in [7, 11) is 6.97. The molecule has 0 saturated heterocycles. The molecule has 0 spiro atoms. The van der Waals surface area contributed by atoms with Gasteiger partial charge in [0.25, 0.3) is 0 Å². The van der Waals surface area contributed by atoms with Gasteiger partial charge in [-0.15, -0.1) is 11.3 Å². The van der Waals surface area contributed by atoms with Crippen LogP contribution in [0.4, 0.5) is 0 Å². The molecule has 10 nitrogen and oxygen atoms in total. The van der Waals surface area contributed by atoms with Crippen LogP contribution in [0.3, 0.4) is 0 Å². The summed E-state index contributed by atoms with van der Waals surface area (Å²) in [5.74, 6) is 0.247. The molecule has 0 aliphatic heterocycles. The summed E-state index contributed by atoms with van der Waals surface area (Å²) >= 11 is 14.3. The Balaban J connectivity index is 0.00000520. The number of H-pyrrole nitrogens is 1. The highest BCUT2D eigenvalue weighted by Gasteiger charge is 2.46. The van der Waals surface area contributed by atoms with E-state index < -0.39 is 17.6 Å². The van der Waals surface area contributed by atoms with E-state index in [4.69, 9.17) is 42.1 Å². The number of aromatic amines is 1. The van der Waals surface area contributed by atoms with Crippen molar-refractivity contribution in [2.24, 2.45) is 0 Å². The number of rotatable bonds is 14. The fraction of sp³-hybridized carbons (Fsp3) is 0.343. The van der Waals surface area contributed by atoms with Crippen molar-refractivity contribution in [1.29, 1.82) is 0 Å². The fourth-order valence-electron chi connectivity index (χ4n) is 5.67. The van der Waals surface area contributed by atoms with Gasteiger partial charge in [-0.1, -0.05) is 53.5 Å². The monoisotopic (exact) mass is 715 g/mol. The number of esters is 2. The fourth-order valence-corrected chi connectivity index (χ4v) is 7.03. The van der Waals surface area contributed by atoms with Crippen LogP contribution in [-0.4, -0.2) is 63.8 Å². The van der Waals surface area contributed by atoms with Crippen molar-refractivity contribution in [1.82, 2.24) is 10.2 Å². The molecule has 1 unspecified atom stereocenters. The smallest absolute Gasteiger partial charge is 0.348 e. The number of pyridine rings is 1. The van der Waals surface area contributed by atoms with E-state index in [1.807, 2.05) is 55.4 Å². The van der Waals surface area contributed by atoms with E-state index in [1.54, 1.807) is 44.8 Å². The van der Waals surface area contributed by atoms with Crippen molar-refractivity contribution >= 4 is 46.5 Å². The van der Waals surface area contributed by atoms with E-state index in [0.717, 1.165) is 22.4 Å². The van der Waals surface area contributed by atoms with E-state index in [9.17, 15) is 9.59 Å². The number of ether oxygens (including phenoxy) is 4. The highest BCUT2D eigenvalue weighted by atomic mass is 35.5. The van der Waals surface area contributed by atoms with Gasteiger partial charge in [-0.3, -0.25) is 5.32 Å². The van der Waals surface area contributed by atoms with E-state index in [2.05, 4.69) is 10.3 Å². The molecule has 3 N–H and O–H groups in total. The number of carbonyl (C=O) groups is 2. The molecule has 48 heavy (non-hydrogen) atoms. The predicted octanol–water partition coefficient (Wildman–Crippen LogP) is 5.89. The Labute approximate surface area is 294 Å². The van der Waals surface area contributed by atoms with Gasteiger partial charge >= 0.3 is 11.9 Å². The number of hydrogen-bond donors (Lipinski definition) is 1. The third kappa shape index (κ3) is 8.28. The van der Waals surface area contributed by atoms with Crippen LogP contribution in [0.1, 0.15) is 49.3 Å². The van der Waals surface area contributed by atoms with Gasteiger partial charge in [-0.25, -0.2) is 14.6 Å². The number of hydrogen-bond acceptors (Lipinski definition) is 10. The minimum atomic E-state index is -0.974. The predicted molar refractivity (Wildman–Crippen MR) is 183 cm³/mol. The zero-order chi connectivity index (χ0) is 33.6. The quantitative estimate of drug-likeness (QED) is 0.159. The molecule has 0 bridgehead atoms. The van der Waals surface area contributed by atoms with E-state index >= 15 is 0 Å². The van der Waals surface area contributed by atoms with Gasteiger partial charge in [-0.05, 0) is 67.9 Å². The van der Waals surface area contributed by atoms with Crippen molar-refractivity contribution in [3.63, 3.8) is 0 Å². The number of likely N-dealkylation sites (N-methyl/N-ethyl adjacent to an activating group) is 1. The first-order valence-electron chi connectivity index (χ1n) is 15.2. The van der Waals surface area contributed by atoms with Crippen LogP contribution in [0.25, 0.3) is 0 Å². The standard InChI is InChI=1S/C35H37Cl2N3O6S.H2O/c1-40(2)15-16-45-34(42)35(14-13-22-7-5-6-8-26(22)35)39-19-24-10-12-32(47-24)33(41)46-30(18-25-27(36)20-38-21-28(25)37)23-9-11-29(43-3)31(17-23)44-4;/h5-12,17,20-21,30,39H,13-16,18-19H2,1-4H3;1H2/t30-,35?;/m0./s1. The van der Waals surface area contributed by atoms with Crippen molar-refractivity contribution < 1.29 is 39.0 Å². The van der Waals surface area contributed by atoms with Crippen LogP contribution in [0.2, 0.25) is 10.0 Å². The summed E-state index contributed by atoms with van der Waals surface area (Å²) in [6.07, 6.45) is 4.09. The lowest BCUT2D eigenvalue weighted by atomic mass is 9.91. The van der Waals surface area contributed by atoms with Gasteiger partial charge in [0.15, 0.2) is 23.9 Å². The lowest BCUT2D eigenvalue weighted by molar-refractivity contribution is -0.377. The molecule has 256 valence electrons. The number of carbonyl (C=O) groups excluding carboxylic acids is 2. The molecule has 5 rings (SSSR count). The van der Waals surface area contributed by atoms with Gasteiger partial charge in [-0.2, -0.15) is 0 Å². The molecule has 0 radical (unpaired) electrons. The molecule has 1 aliphatic carbocycles. The second kappa shape index (κ2) is 16.6. The van der Waals surface area contributed by atoms with Gasteiger partial charge in [0.05, 0.1) is 14.2 Å². The van der Waals surface area contributed by atoms with Crippen LogP contribution in [0, 0.1) is 0 Å². The number of nitrogens with one attached hydrogen (secondary N) is 2. The maximum absolute atomic E-state index is 13.6. The molecule has 2 aromatic carbocycles. The molecule has 4 aromatic rings. The Morgan fingerprint density at radius 2 is 1.75 bits per heavy atom. The number of halogens is 2. The third-order valence-electron chi connectivity index (χ3n) is 8.21. The number of methoxy groups -OCH3 is 2. The first-order valence-corrected chi connectivity index (χ1v) is 16.7. The van der Waals surface area contributed by atoms with Crippen molar-refractivity contribution in [2.75, 3.05) is 41.5 Å². The SMILES string of the molecule is COc1ccc([C@H](Cc2c(Cl)c[nH+]cc2Cl)OC(=O)c2ccc(CNC3(C(=O)OCCN(C)C)CCc4ccccc43)s2)cc1OC.[OH-]. The Morgan fingerprint density at radius 1 is 1.02 bits per heavy atom. The number of benzene rings is 2. The minimum Gasteiger partial charge on any atom is -0.870 e. The Kier molecular flexibility index (Phi) is 12.8. The van der Waals surface area contributed by atoms with Gasteiger partial charge in [0, 0.05) is 30.0 Å². The third-order valence-corrected chi connectivity index (χ3v) is 9.95. The largest absolute Gasteiger partial charge is 0.870 e. The van der Waals surface area contributed by atoms with Gasteiger partial charge in [0.1, 0.15) is 33.2 Å². The van der Waals surface area contributed by atoms with E-state index in [0.29, 0.717) is 63.7 Å². The lowest BCUT2D eigenvalue weighted by Crippen LogP contribution is -2.48. The minimum absolute atomic E-state index is 0. The first-order chi connectivity index (χ1) is 22.6. The van der Waals surface area contributed by atoms with Gasteiger partial charge in [0.2, 0.25) is 0 Å². The molecule has 0 amide bonds. The second-order valence-corrected chi connectivity index (χ2v) is 13.4. The summed E-state index contributed by atoms with van der Waals surface area (Å²) in [6.45, 7) is 1.29. The van der Waals surface area contributed by atoms with E-state index in [-0.39, 0.29) is 17.9 Å². The molecular weight excluding hydrogens is 677 g/mol. The average Bonchev–Trinajstić information content (AvgIpc) is 3.70. The van der Waals surface area contributed by atoms with Crippen molar-refractivity contribution in [2.45, 2.75) is 37.5 Å². The zero-order valence-electron chi connectivity index (χ0n) is 27.2. The summed E-state index contributed by atoms with van der Waals surface area (Å²) < 4.78 is 22.8. The molecular formula is C35H39Cl2N3O7S. The number of aryl methyl sites for hydroxylation is 1. The van der Waals surface area contributed by atoms with Crippen LogP contribution in [0.5, 0.6) is 11.5 Å². The first kappa shape index (κ1) is 37.1. The van der Waals surface area contributed by atoms with Crippen molar-refractivity contribution in [3.05, 3.63) is 109 Å². The normalized spacial score (nSPS) is 15.7. The van der Waals surface area contributed by atoms with Gasteiger partial charge < -0.3 is 29.3 Å². The maximum Gasteiger partial charge on any atom is 0.348 e. The second-order valence-electron chi connectivity index (χ2n) is 11.5. The molecule has 13 heteroatoms. The zero-order valence-corrected chi connectivity index (χ0v) is 29.5. The van der Waals surface area contributed by atoms with Crippen LogP contribution >= 0.6 is 34.5 Å². The van der Waals surface area contributed by atoms with Crippen LogP contribution in [0.15, 0.2) is 67.0 Å². The highest BCUT2D eigenvalue weighted by Crippen LogP contribution is 2.39. The molecule has 2 aromatic heterocycles. The van der Waals surface area contributed by atoms with Crippen LogP contribution < -0.4 is 19.8 Å². The van der Waals surface area contributed by atoms with Crippen LogP contribution in [-0.2, 0) is 39.2 Å². The van der Waals surface area contributed by atoms with E-state index in [1.165, 1.54) is 11.3 Å². The maximum atomic E-state index is 13.6. The average molecular weight is 717 g/mol. The lowest BCUT2D eigenvalue weighted by Gasteiger charge is -2.29. The summed E-state index contributed by atoms with van der Waals surface area (Å²) in [4.78, 5) is 33.3. The summed E-state index contributed by atoms with van der Waals surface area (Å²) in [5, 5.41) is 4.35. The molecule has 0 fully saturated rings. The summed E-state index contributed by atoms with van der Waals surface area (Å²) in [6, 6.07) is 16.9. The number of aromatic nitrogens is 1.